The van der Waals surface area contributed by atoms with Crippen molar-refractivity contribution in [3.63, 3.8) is 0 Å². The second-order valence-corrected chi connectivity index (χ2v) is 10.7. The Morgan fingerprint density at radius 1 is 1.18 bits per heavy atom. The van der Waals surface area contributed by atoms with E-state index in [0.29, 0.717) is 30.3 Å². The molecule has 0 radical (unpaired) electrons. The molecule has 2 aromatic carbocycles. The van der Waals surface area contributed by atoms with Gasteiger partial charge in [0.25, 0.3) is 0 Å². The molecule has 1 atom stereocenters. The monoisotopic (exact) mass is 489 g/mol. The third-order valence-electron chi connectivity index (χ3n) is 6.12. The van der Waals surface area contributed by atoms with Crippen LogP contribution in [0.1, 0.15) is 38.0 Å². The van der Waals surface area contributed by atoms with E-state index in [2.05, 4.69) is 5.32 Å². The minimum absolute atomic E-state index is 0.0114. The van der Waals surface area contributed by atoms with Crippen LogP contribution in [0, 0.1) is 0 Å². The number of nitrogens with one attached hydrogen (secondary N) is 1. The van der Waals surface area contributed by atoms with Crippen LogP contribution in [0.15, 0.2) is 57.8 Å². The van der Waals surface area contributed by atoms with Crippen LogP contribution in [0.2, 0.25) is 5.02 Å². The normalized spacial score (nSPS) is 15.9. The predicted molar refractivity (Wildman–Crippen MR) is 130 cm³/mol. The van der Waals surface area contributed by atoms with Gasteiger partial charge in [0.2, 0.25) is 15.9 Å². The topological polar surface area (TPSA) is 82.9 Å². The van der Waals surface area contributed by atoms with Crippen molar-refractivity contribution in [2.75, 3.05) is 32.0 Å². The summed E-state index contributed by atoms with van der Waals surface area (Å²) in [6.07, 6.45) is 1.94. The van der Waals surface area contributed by atoms with Gasteiger partial charge in [0.15, 0.2) is 0 Å². The van der Waals surface area contributed by atoms with Crippen LogP contribution in [0.25, 0.3) is 11.0 Å². The SMILES string of the molecule is CC(c1cc2ccccc2o1)N(C)CCC(=O)Nc1cc(S(=O)(=O)N2CCCC2)ccc1Cl. The molecule has 7 nitrogen and oxygen atoms in total. The average molecular weight is 490 g/mol. The van der Waals surface area contributed by atoms with Crippen LogP contribution >= 0.6 is 11.6 Å². The second-order valence-electron chi connectivity index (χ2n) is 8.39. The zero-order chi connectivity index (χ0) is 23.6. The van der Waals surface area contributed by atoms with Crippen molar-refractivity contribution in [1.82, 2.24) is 9.21 Å². The highest BCUT2D eigenvalue weighted by Crippen LogP contribution is 2.29. The molecule has 0 bridgehead atoms. The van der Waals surface area contributed by atoms with Gasteiger partial charge in [-0.1, -0.05) is 29.8 Å². The minimum Gasteiger partial charge on any atom is -0.459 e. The van der Waals surface area contributed by atoms with E-state index in [0.717, 1.165) is 29.6 Å². The number of halogens is 1. The number of para-hydroxylation sites is 1. The zero-order valence-corrected chi connectivity index (χ0v) is 20.3. The Kier molecular flexibility index (Phi) is 7.09. The first-order valence-electron chi connectivity index (χ1n) is 11.0. The summed E-state index contributed by atoms with van der Waals surface area (Å²) in [7, 11) is -1.66. The Bertz CT molecular complexity index is 1220. The molecule has 9 heteroatoms. The molecule has 0 aliphatic carbocycles. The highest BCUT2D eigenvalue weighted by Gasteiger charge is 2.28. The van der Waals surface area contributed by atoms with Gasteiger partial charge < -0.3 is 9.73 Å². The van der Waals surface area contributed by atoms with Crippen LogP contribution in [-0.2, 0) is 14.8 Å². The number of sulfonamides is 1. The third kappa shape index (κ3) is 5.24. The molecule has 33 heavy (non-hydrogen) atoms. The highest BCUT2D eigenvalue weighted by atomic mass is 35.5. The Morgan fingerprint density at radius 2 is 1.91 bits per heavy atom. The number of furan rings is 1. The van der Waals surface area contributed by atoms with Crippen molar-refractivity contribution in [2.24, 2.45) is 0 Å². The molecule has 2 heterocycles. The number of amides is 1. The number of nitrogens with zero attached hydrogens (tertiary/aromatic N) is 2. The lowest BCUT2D eigenvalue weighted by Gasteiger charge is -2.22. The maximum absolute atomic E-state index is 12.8. The largest absolute Gasteiger partial charge is 0.459 e. The second kappa shape index (κ2) is 9.85. The van der Waals surface area contributed by atoms with E-state index < -0.39 is 10.0 Å². The molecule has 3 aromatic rings. The molecular weight excluding hydrogens is 462 g/mol. The molecule has 1 fully saturated rings. The number of hydrogen-bond donors (Lipinski definition) is 1. The average Bonchev–Trinajstić information content (AvgIpc) is 3.48. The Morgan fingerprint density at radius 3 is 2.64 bits per heavy atom. The molecule has 4 rings (SSSR count). The van der Waals surface area contributed by atoms with Crippen LogP contribution in [-0.4, -0.2) is 50.2 Å². The fraction of sp³-hybridized carbons (Fsp3) is 0.375. The molecule has 0 spiro atoms. The molecule has 176 valence electrons. The zero-order valence-electron chi connectivity index (χ0n) is 18.8. The molecule has 1 aromatic heterocycles. The van der Waals surface area contributed by atoms with E-state index in [4.69, 9.17) is 16.0 Å². The first-order chi connectivity index (χ1) is 15.8. The summed E-state index contributed by atoms with van der Waals surface area (Å²) in [6.45, 7) is 3.55. The fourth-order valence-electron chi connectivity index (χ4n) is 3.95. The van der Waals surface area contributed by atoms with Crippen LogP contribution in [0.5, 0.6) is 0 Å². The maximum Gasteiger partial charge on any atom is 0.243 e. The summed E-state index contributed by atoms with van der Waals surface area (Å²) in [6, 6.07) is 14.3. The summed E-state index contributed by atoms with van der Waals surface area (Å²) < 4.78 is 33.1. The van der Waals surface area contributed by atoms with Crippen LogP contribution in [0.4, 0.5) is 5.69 Å². The van der Waals surface area contributed by atoms with Gasteiger partial charge in [0.1, 0.15) is 11.3 Å². The van der Waals surface area contributed by atoms with Gasteiger partial charge in [-0.15, -0.1) is 0 Å². The lowest BCUT2D eigenvalue weighted by Crippen LogP contribution is -2.28. The van der Waals surface area contributed by atoms with Crippen LogP contribution in [0.3, 0.4) is 0 Å². The van der Waals surface area contributed by atoms with Gasteiger partial charge in [0.05, 0.1) is 21.6 Å². The van der Waals surface area contributed by atoms with E-state index in [1.807, 2.05) is 49.2 Å². The smallest absolute Gasteiger partial charge is 0.243 e. The number of carbonyl (C=O) groups is 1. The van der Waals surface area contributed by atoms with E-state index >= 15 is 0 Å². The van der Waals surface area contributed by atoms with Gasteiger partial charge >= 0.3 is 0 Å². The van der Waals surface area contributed by atoms with Crippen molar-refractivity contribution < 1.29 is 17.6 Å². The standard InChI is InChI=1S/C24H28ClN3O4S/c1-17(23-15-18-7-3-4-8-22(18)32-23)27(2)14-11-24(29)26-21-16-19(9-10-20(21)25)33(30,31)28-12-5-6-13-28/h3-4,7-10,15-17H,5-6,11-14H2,1-2H3,(H,26,29). The fourth-order valence-corrected chi connectivity index (χ4v) is 5.66. The van der Waals surface area contributed by atoms with Crippen LogP contribution < -0.4 is 5.32 Å². The van der Waals surface area contributed by atoms with Gasteiger partial charge in [-0.05, 0) is 57.1 Å². The lowest BCUT2D eigenvalue weighted by atomic mass is 10.2. The highest BCUT2D eigenvalue weighted by molar-refractivity contribution is 7.89. The number of hydrogen-bond acceptors (Lipinski definition) is 5. The minimum atomic E-state index is -3.59. The van der Waals surface area contributed by atoms with Crippen molar-refractivity contribution in [2.45, 2.75) is 37.1 Å². The number of rotatable bonds is 8. The molecule has 1 aliphatic rings. The molecule has 1 unspecified atom stereocenters. The Hall–Kier alpha value is -2.39. The van der Waals surface area contributed by atoms with Gasteiger partial charge in [-0.25, -0.2) is 8.42 Å². The number of fused-ring (bicyclic) bond motifs is 1. The maximum atomic E-state index is 12.8. The Balaban J connectivity index is 1.38. The van der Waals surface area contributed by atoms with E-state index in [-0.39, 0.29) is 23.3 Å². The lowest BCUT2D eigenvalue weighted by molar-refractivity contribution is -0.116. The first kappa shape index (κ1) is 23.8. The molecular formula is C24H28ClN3O4S. The van der Waals surface area contributed by atoms with Gasteiger partial charge in [0, 0.05) is 31.4 Å². The summed E-state index contributed by atoms with van der Waals surface area (Å²) >= 11 is 6.24. The van der Waals surface area contributed by atoms with Crippen molar-refractivity contribution in [3.05, 3.63) is 59.3 Å². The molecule has 1 saturated heterocycles. The summed E-state index contributed by atoms with van der Waals surface area (Å²) in [5.74, 6) is 0.596. The summed E-state index contributed by atoms with van der Waals surface area (Å²) in [5, 5.41) is 4.11. The van der Waals surface area contributed by atoms with Crippen molar-refractivity contribution >= 4 is 44.2 Å². The first-order valence-corrected chi connectivity index (χ1v) is 12.9. The van der Waals surface area contributed by atoms with Crippen molar-refractivity contribution in [1.29, 1.82) is 0 Å². The van der Waals surface area contributed by atoms with E-state index in [9.17, 15) is 13.2 Å². The molecule has 1 aliphatic heterocycles. The molecule has 0 saturated carbocycles. The molecule has 1 N–H and O–H groups in total. The van der Waals surface area contributed by atoms with E-state index in [1.165, 1.54) is 22.5 Å². The summed E-state index contributed by atoms with van der Waals surface area (Å²) in [5.41, 5.74) is 1.14. The third-order valence-corrected chi connectivity index (χ3v) is 8.35. The van der Waals surface area contributed by atoms with Crippen molar-refractivity contribution in [3.8, 4) is 0 Å². The predicted octanol–water partition coefficient (Wildman–Crippen LogP) is 4.89. The summed E-state index contributed by atoms with van der Waals surface area (Å²) in [4.78, 5) is 14.8. The Labute approximate surface area is 199 Å². The van der Waals surface area contributed by atoms with Gasteiger partial charge in [-0.3, -0.25) is 9.69 Å². The van der Waals surface area contributed by atoms with E-state index in [1.54, 1.807) is 0 Å². The van der Waals surface area contributed by atoms with Gasteiger partial charge in [-0.2, -0.15) is 4.31 Å². The quantitative estimate of drug-likeness (QED) is 0.487. The molecule has 1 amide bonds. The number of benzene rings is 2. The number of carbonyl (C=O) groups excluding carboxylic acids is 1. The number of anilines is 1.